The minimum atomic E-state index is -4.78. The van der Waals surface area contributed by atoms with E-state index in [-0.39, 0.29) is 18.6 Å². The lowest BCUT2D eigenvalue weighted by atomic mass is 9.98. The molecule has 0 bridgehead atoms. The number of hydrogen-bond acceptors (Lipinski definition) is 7. The van der Waals surface area contributed by atoms with Crippen LogP contribution >= 0.6 is 0 Å². The smallest absolute Gasteiger partial charge is 0.406 e. The van der Waals surface area contributed by atoms with Gasteiger partial charge in [0, 0.05) is 26.1 Å². The molecule has 2 aliphatic heterocycles. The highest BCUT2D eigenvalue weighted by molar-refractivity contribution is 7.94. The van der Waals surface area contributed by atoms with Gasteiger partial charge in [0.25, 0.3) is 0 Å². The molecule has 0 N–H and O–H groups in total. The van der Waals surface area contributed by atoms with Crippen molar-refractivity contribution >= 4 is 27.0 Å². The molecule has 0 saturated carbocycles. The van der Waals surface area contributed by atoms with Crippen LogP contribution in [0.3, 0.4) is 0 Å². The van der Waals surface area contributed by atoms with Gasteiger partial charge in [-0.1, -0.05) is 0 Å². The lowest BCUT2D eigenvalue weighted by Gasteiger charge is -2.31. The number of ketones is 1. The third-order valence-corrected chi connectivity index (χ3v) is 8.46. The zero-order valence-corrected chi connectivity index (χ0v) is 17.9. The second kappa shape index (κ2) is 8.70. The number of alkyl halides is 3. The van der Waals surface area contributed by atoms with E-state index < -0.39 is 32.0 Å². The van der Waals surface area contributed by atoms with Crippen molar-refractivity contribution in [2.75, 3.05) is 13.2 Å². The Morgan fingerprint density at radius 2 is 1.74 bits per heavy atom. The number of halogens is 3. The monoisotopic (exact) mass is 460 g/mol. The summed E-state index contributed by atoms with van der Waals surface area (Å²) >= 11 is 0. The summed E-state index contributed by atoms with van der Waals surface area (Å²) in [4.78, 5) is 12.9. The highest BCUT2D eigenvalue weighted by Crippen LogP contribution is 2.30. The van der Waals surface area contributed by atoms with E-state index in [1.54, 1.807) is 0 Å². The molecule has 2 heterocycles. The average Bonchev–Trinajstić information content (AvgIpc) is 3.16. The summed E-state index contributed by atoms with van der Waals surface area (Å²) in [6, 6.07) is 5.16. The summed E-state index contributed by atoms with van der Waals surface area (Å²) in [5, 5.41) is 7.37. The van der Waals surface area contributed by atoms with Crippen LogP contribution in [0, 0.1) is 0 Å². The van der Waals surface area contributed by atoms with Gasteiger partial charge in [-0.05, 0) is 56.5 Å². The first-order chi connectivity index (χ1) is 14.4. The molecule has 7 nitrogen and oxygen atoms in total. The molecule has 1 fully saturated rings. The molecule has 3 rings (SSSR count). The zero-order valence-electron chi connectivity index (χ0n) is 17.1. The Bertz CT molecular complexity index is 993. The van der Waals surface area contributed by atoms with Gasteiger partial charge in [-0.15, -0.1) is 13.2 Å². The van der Waals surface area contributed by atoms with E-state index in [1.165, 1.54) is 26.0 Å². The van der Waals surface area contributed by atoms with Gasteiger partial charge >= 0.3 is 6.36 Å². The first kappa shape index (κ1) is 23.4. The van der Waals surface area contributed by atoms with Crippen molar-refractivity contribution in [3.05, 3.63) is 29.8 Å². The topological polar surface area (TPSA) is 94.4 Å². The van der Waals surface area contributed by atoms with Gasteiger partial charge in [0.2, 0.25) is 0 Å². The van der Waals surface area contributed by atoms with Crippen LogP contribution in [0.2, 0.25) is 0 Å². The number of rotatable bonds is 7. The second-order valence-electron chi connectivity index (χ2n) is 7.93. The minimum Gasteiger partial charge on any atom is -0.406 e. The number of nitrogens with zero attached hydrogens (tertiary/aromatic N) is 2. The maximum Gasteiger partial charge on any atom is 0.573 e. The SMILES string of the molecule is CC(C)(C(=O)CC1=NN=C(c2ccc(OC(F)(F)F)cc2)C1)S(=O)(=O)C1CCOCC1. The molecule has 31 heavy (non-hydrogen) atoms. The molecule has 0 aromatic heterocycles. The van der Waals surface area contributed by atoms with E-state index >= 15 is 0 Å². The molecule has 1 saturated heterocycles. The Balaban J connectivity index is 1.61. The van der Waals surface area contributed by atoms with E-state index in [0.717, 1.165) is 12.1 Å². The number of carbonyl (C=O) groups excluding carboxylic acids is 1. The molecule has 0 radical (unpaired) electrons. The van der Waals surface area contributed by atoms with Gasteiger partial charge in [-0.25, -0.2) is 8.42 Å². The molecule has 11 heteroatoms. The van der Waals surface area contributed by atoms with Crippen LogP contribution in [-0.4, -0.2) is 55.2 Å². The summed E-state index contributed by atoms with van der Waals surface area (Å²) in [5.41, 5.74) is 1.42. The van der Waals surface area contributed by atoms with Gasteiger partial charge < -0.3 is 9.47 Å². The van der Waals surface area contributed by atoms with Crippen LogP contribution < -0.4 is 4.74 Å². The van der Waals surface area contributed by atoms with Crippen LogP contribution in [0.1, 0.15) is 45.1 Å². The third-order valence-electron chi connectivity index (χ3n) is 5.46. The van der Waals surface area contributed by atoms with Gasteiger partial charge in [0.05, 0.1) is 16.7 Å². The largest absolute Gasteiger partial charge is 0.573 e. The third kappa shape index (κ3) is 5.32. The van der Waals surface area contributed by atoms with Crippen molar-refractivity contribution in [3.8, 4) is 5.75 Å². The molecule has 0 spiro atoms. The van der Waals surface area contributed by atoms with Crippen molar-refractivity contribution in [1.82, 2.24) is 0 Å². The fourth-order valence-electron chi connectivity index (χ4n) is 3.46. The van der Waals surface area contributed by atoms with Crippen LogP contribution in [0.4, 0.5) is 13.2 Å². The average molecular weight is 460 g/mol. The first-order valence-corrected chi connectivity index (χ1v) is 11.3. The fraction of sp³-hybridized carbons (Fsp3) is 0.550. The van der Waals surface area contributed by atoms with E-state index in [9.17, 15) is 26.4 Å². The number of ether oxygens (including phenoxy) is 2. The van der Waals surface area contributed by atoms with E-state index in [2.05, 4.69) is 14.9 Å². The summed E-state index contributed by atoms with van der Waals surface area (Å²) in [6.45, 7) is 3.53. The van der Waals surface area contributed by atoms with Crippen molar-refractivity contribution in [2.24, 2.45) is 10.2 Å². The number of benzene rings is 1. The molecule has 0 atom stereocenters. The molecule has 2 aliphatic rings. The lowest BCUT2D eigenvalue weighted by molar-refractivity contribution is -0.274. The number of sulfone groups is 1. The molecular formula is C20H23F3N2O5S. The Kier molecular flexibility index (Phi) is 6.56. The maximum atomic E-state index is 13.0. The molecule has 1 aromatic carbocycles. The Morgan fingerprint density at radius 3 is 2.32 bits per heavy atom. The quantitative estimate of drug-likeness (QED) is 0.621. The minimum absolute atomic E-state index is 0.169. The number of carbonyl (C=O) groups is 1. The van der Waals surface area contributed by atoms with Gasteiger partial charge in [0.15, 0.2) is 15.6 Å². The summed E-state index contributed by atoms with van der Waals surface area (Å²) in [6.07, 6.45) is -4.01. The molecule has 0 unspecified atom stereocenters. The summed E-state index contributed by atoms with van der Waals surface area (Å²) in [5.74, 6) is -0.825. The van der Waals surface area contributed by atoms with E-state index in [0.29, 0.717) is 43.0 Å². The lowest BCUT2D eigenvalue weighted by Crippen LogP contribution is -2.48. The van der Waals surface area contributed by atoms with Crippen molar-refractivity contribution < 1.29 is 35.9 Å². The molecular weight excluding hydrogens is 437 g/mol. The Labute approximate surface area is 178 Å². The predicted molar refractivity (Wildman–Crippen MR) is 108 cm³/mol. The van der Waals surface area contributed by atoms with Gasteiger partial charge in [-0.3, -0.25) is 4.79 Å². The standard InChI is InChI=1S/C20H23F3N2O5S/c1-19(2,31(27,28)16-7-9-29-10-8-16)18(26)12-14-11-17(25-24-14)13-3-5-15(6-4-13)30-20(21,22)23/h3-6,16H,7-12H2,1-2H3. The van der Waals surface area contributed by atoms with Crippen molar-refractivity contribution in [3.63, 3.8) is 0 Å². The van der Waals surface area contributed by atoms with Gasteiger partial charge in [-0.2, -0.15) is 10.2 Å². The summed E-state index contributed by atoms with van der Waals surface area (Å²) in [7, 11) is -3.72. The van der Waals surface area contributed by atoms with Crippen LogP contribution in [-0.2, 0) is 19.4 Å². The van der Waals surface area contributed by atoms with Crippen molar-refractivity contribution in [1.29, 1.82) is 0 Å². The number of Topliss-reactive ketones (excluding diaryl/α,β-unsaturated/α-hetero) is 1. The second-order valence-corrected chi connectivity index (χ2v) is 10.7. The van der Waals surface area contributed by atoms with Crippen molar-refractivity contribution in [2.45, 2.75) is 55.9 Å². The maximum absolute atomic E-state index is 13.0. The molecule has 0 amide bonds. The molecule has 170 valence electrons. The van der Waals surface area contributed by atoms with Crippen LogP contribution in [0.25, 0.3) is 0 Å². The Hall–Kier alpha value is -2.27. The fourth-order valence-corrected chi connectivity index (χ4v) is 5.50. The molecule has 0 aliphatic carbocycles. The highest BCUT2D eigenvalue weighted by Gasteiger charge is 2.46. The summed E-state index contributed by atoms with van der Waals surface area (Å²) < 4.78 is 70.3. The van der Waals surface area contributed by atoms with Crippen LogP contribution in [0.15, 0.2) is 34.5 Å². The zero-order chi connectivity index (χ0) is 22.9. The number of hydrogen-bond donors (Lipinski definition) is 0. The first-order valence-electron chi connectivity index (χ1n) is 9.73. The van der Waals surface area contributed by atoms with Gasteiger partial charge in [0.1, 0.15) is 10.5 Å². The van der Waals surface area contributed by atoms with E-state index in [1.807, 2.05) is 0 Å². The highest BCUT2D eigenvalue weighted by atomic mass is 32.2. The predicted octanol–water partition coefficient (Wildman–Crippen LogP) is 3.47. The normalized spacial score (nSPS) is 18.5. The molecule has 1 aromatic rings. The van der Waals surface area contributed by atoms with E-state index in [4.69, 9.17) is 4.74 Å². The Morgan fingerprint density at radius 1 is 1.13 bits per heavy atom. The van der Waals surface area contributed by atoms with Crippen LogP contribution in [0.5, 0.6) is 5.75 Å².